The van der Waals surface area contributed by atoms with E-state index in [-0.39, 0.29) is 5.82 Å². The first-order chi connectivity index (χ1) is 6.75. The second kappa shape index (κ2) is 4.22. The van der Waals surface area contributed by atoms with E-state index in [0.29, 0.717) is 11.3 Å². The van der Waals surface area contributed by atoms with Crippen molar-refractivity contribution in [2.45, 2.75) is 24.6 Å². The molecule has 1 N–H and O–H groups in total. The van der Waals surface area contributed by atoms with Crippen LogP contribution < -0.4 is 5.32 Å². The molecular formula is C11H14FNS. The largest absolute Gasteiger partial charge is 0.381 e. The van der Waals surface area contributed by atoms with Gasteiger partial charge >= 0.3 is 0 Å². The summed E-state index contributed by atoms with van der Waals surface area (Å²) in [5.41, 5.74) is 1.02. The van der Waals surface area contributed by atoms with Gasteiger partial charge in [-0.3, -0.25) is 0 Å². The van der Waals surface area contributed by atoms with E-state index in [2.05, 4.69) is 12.2 Å². The van der Waals surface area contributed by atoms with E-state index in [1.807, 2.05) is 11.8 Å². The Morgan fingerprint density at radius 1 is 1.36 bits per heavy atom. The van der Waals surface area contributed by atoms with Crippen LogP contribution in [0.15, 0.2) is 24.3 Å². The number of rotatable bonds is 2. The molecule has 1 nitrogen and oxygen atoms in total. The molecule has 1 saturated heterocycles. The third kappa shape index (κ3) is 2.21. The van der Waals surface area contributed by atoms with E-state index in [4.69, 9.17) is 0 Å². The lowest BCUT2D eigenvalue weighted by Crippen LogP contribution is -2.24. The zero-order valence-corrected chi connectivity index (χ0v) is 8.98. The molecule has 2 unspecified atom stereocenters. The summed E-state index contributed by atoms with van der Waals surface area (Å²) in [4.78, 5) is 0. The Morgan fingerprint density at radius 2 is 2.07 bits per heavy atom. The lowest BCUT2D eigenvalue weighted by molar-refractivity contribution is 0.627. The zero-order chi connectivity index (χ0) is 9.97. The molecule has 76 valence electrons. The van der Waals surface area contributed by atoms with E-state index >= 15 is 0 Å². The van der Waals surface area contributed by atoms with Crippen molar-refractivity contribution >= 4 is 17.4 Å². The first kappa shape index (κ1) is 9.84. The van der Waals surface area contributed by atoms with E-state index < -0.39 is 0 Å². The van der Waals surface area contributed by atoms with Crippen molar-refractivity contribution in [3.05, 3.63) is 30.1 Å². The molecule has 3 heteroatoms. The minimum absolute atomic E-state index is 0.176. The molecule has 0 bridgehead atoms. The molecular weight excluding hydrogens is 197 g/mol. The number of halogens is 1. The van der Waals surface area contributed by atoms with Gasteiger partial charge in [0.2, 0.25) is 0 Å². The molecule has 1 aromatic rings. The summed E-state index contributed by atoms with van der Waals surface area (Å²) in [6, 6.07) is 7.12. The highest BCUT2D eigenvalue weighted by Gasteiger charge is 2.23. The van der Waals surface area contributed by atoms with E-state index in [1.54, 1.807) is 12.1 Å². The number of thioether (sulfide) groups is 1. The fourth-order valence-electron chi connectivity index (χ4n) is 1.68. The van der Waals surface area contributed by atoms with Crippen LogP contribution in [0.1, 0.15) is 13.3 Å². The summed E-state index contributed by atoms with van der Waals surface area (Å²) in [5, 5.41) is 4.08. The predicted octanol–water partition coefficient (Wildman–Crippen LogP) is 3.13. The van der Waals surface area contributed by atoms with Gasteiger partial charge in [-0.15, -0.1) is 0 Å². The van der Waals surface area contributed by atoms with Gasteiger partial charge in [0.25, 0.3) is 0 Å². The monoisotopic (exact) mass is 211 g/mol. The second-order valence-electron chi connectivity index (χ2n) is 3.62. The Morgan fingerprint density at radius 3 is 2.64 bits per heavy atom. The van der Waals surface area contributed by atoms with Crippen LogP contribution in [0.5, 0.6) is 0 Å². The van der Waals surface area contributed by atoms with E-state index in [1.165, 1.54) is 24.3 Å². The SMILES string of the molecule is CC1SCCC1Nc1ccc(F)cc1. The smallest absolute Gasteiger partial charge is 0.123 e. The van der Waals surface area contributed by atoms with Gasteiger partial charge in [0.05, 0.1) is 0 Å². The van der Waals surface area contributed by atoms with Crippen LogP contribution >= 0.6 is 11.8 Å². The predicted molar refractivity (Wildman–Crippen MR) is 60.3 cm³/mol. The van der Waals surface area contributed by atoms with Crippen LogP contribution in [-0.2, 0) is 0 Å². The molecule has 0 saturated carbocycles. The van der Waals surface area contributed by atoms with Crippen molar-refractivity contribution in [2.24, 2.45) is 0 Å². The Balaban J connectivity index is 2.00. The quantitative estimate of drug-likeness (QED) is 0.806. The van der Waals surface area contributed by atoms with Crippen molar-refractivity contribution < 1.29 is 4.39 Å². The number of hydrogen-bond acceptors (Lipinski definition) is 2. The lowest BCUT2D eigenvalue weighted by atomic mass is 10.1. The maximum Gasteiger partial charge on any atom is 0.123 e. The highest BCUT2D eigenvalue weighted by atomic mass is 32.2. The standard InChI is InChI=1S/C11H14FNS/c1-8-11(6-7-14-8)13-10-4-2-9(12)3-5-10/h2-5,8,11,13H,6-7H2,1H3. The summed E-state index contributed by atoms with van der Waals surface area (Å²) >= 11 is 1.99. The van der Waals surface area contributed by atoms with Crippen molar-refractivity contribution in [3.8, 4) is 0 Å². The first-order valence-corrected chi connectivity index (χ1v) is 5.94. The molecule has 1 heterocycles. The molecule has 0 spiro atoms. The van der Waals surface area contributed by atoms with E-state index in [0.717, 1.165) is 5.69 Å². The van der Waals surface area contributed by atoms with Gasteiger partial charge in [0, 0.05) is 17.0 Å². The molecule has 0 radical (unpaired) electrons. The summed E-state index contributed by atoms with van der Waals surface area (Å²) < 4.78 is 12.6. The number of benzene rings is 1. The Hall–Kier alpha value is -0.700. The normalized spacial score (nSPS) is 26.4. The highest BCUT2D eigenvalue weighted by Crippen LogP contribution is 2.28. The van der Waals surface area contributed by atoms with Crippen LogP contribution in [0.25, 0.3) is 0 Å². The molecule has 0 aliphatic carbocycles. The summed E-state index contributed by atoms with van der Waals surface area (Å²) in [5.74, 6) is 1.05. The molecule has 0 aromatic heterocycles. The van der Waals surface area contributed by atoms with Gasteiger partial charge in [-0.2, -0.15) is 11.8 Å². The van der Waals surface area contributed by atoms with Gasteiger partial charge in [-0.05, 0) is 36.4 Å². The molecule has 14 heavy (non-hydrogen) atoms. The Bertz CT molecular complexity index is 299. The van der Waals surface area contributed by atoms with Crippen LogP contribution in [0.2, 0.25) is 0 Å². The highest BCUT2D eigenvalue weighted by molar-refractivity contribution is 8.00. The van der Waals surface area contributed by atoms with Gasteiger partial charge < -0.3 is 5.32 Å². The van der Waals surface area contributed by atoms with Crippen LogP contribution in [0, 0.1) is 5.82 Å². The van der Waals surface area contributed by atoms with Gasteiger partial charge in [0.15, 0.2) is 0 Å². The topological polar surface area (TPSA) is 12.0 Å². The summed E-state index contributed by atoms with van der Waals surface area (Å²) in [6.45, 7) is 2.23. The maximum absolute atomic E-state index is 12.6. The van der Waals surface area contributed by atoms with Crippen molar-refractivity contribution in [2.75, 3.05) is 11.1 Å². The third-order valence-electron chi connectivity index (χ3n) is 2.57. The Kier molecular flexibility index (Phi) is 2.96. The minimum atomic E-state index is -0.176. The number of nitrogens with one attached hydrogen (secondary N) is 1. The third-order valence-corrected chi connectivity index (χ3v) is 3.90. The van der Waals surface area contributed by atoms with Crippen molar-refractivity contribution in [1.82, 2.24) is 0 Å². The minimum Gasteiger partial charge on any atom is -0.381 e. The average Bonchev–Trinajstić information content (AvgIpc) is 2.56. The van der Waals surface area contributed by atoms with Gasteiger partial charge in [-0.1, -0.05) is 6.92 Å². The molecule has 2 atom stereocenters. The second-order valence-corrected chi connectivity index (χ2v) is 5.11. The fraction of sp³-hybridized carbons (Fsp3) is 0.455. The summed E-state index contributed by atoms with van der Waals surface area (Å²) in [6.07, 6.45) is 1.20. The Labute approximate surface area is 88.1 Å². The van der Waals surface area contributed by atoms with Gasteiger partial charge in [-0.25, -0.2) is 4.39 Å². The van der Waals surface area contributed by atoms with Crippen LogP contribution in [0.4, 0.5) is 10.1 Å². The van der Waals surface area contributed by atoms with Crippen LogP contribution in [-0.4, -0.2) is 17.0 Å². The van der Waals surface area contributed by atoms with E-state index in [9.17, 15) is 4.39 Å². The molecule has 1 fully saturated rings. The molecule has 1 aromatic carbocycles. The average molecular weight is 211 g/mol. The van der Waals surface area contributed by atoms with Crippen molar-refractivity contribution in [1.29, 1.82) is 0 Å². The fourth-order valence-corrected chi connectivity index (χ4v) is 2.88. The molecule has 1 aliphatic heterocycles. The van der Waals surface area contributed by atoms with Crippen molar-refractivity contribution in [3.63, 3.8) is 0 Å². The number of hydrogen-bond donors (Lipinski definition) is 1. The first-order valence-electron chi connectivity index (χ1n) is 4.89. The zero-order valence-electron chi connectivity index (χ0n) is 8.16. The molecule has 0 amide bonds. The molecule has 1 aliphatic rings. The maximum atomic E-state index is 12.6. The summed E-state index contributed by atoms with van der Waals surface area (Å²) in [7, 11) is 0. The van der Waals surface area contributed by atoms with Gasteiger partial charge in [0.1, 0.15) is 5.82 Å². The van der Waals surface area contributed by atoms with Crippen LogP contribution in [0.3, 0.4) is 0 Å². The lowest BCUT2D eigenvalue weighted by Gasteiger charge is -2.17. The number of anilines is 1. The molecule has 2 rings (SSSR count).